The number of para-hydroxylation sites is 5. The Labute approximate surface area is 373 Å². The van der Waals surface area contributed by atoms with E-state index in [4.69, 9.17) is 0 Å². The summed E-state index contributed by atoms with van der Waals surface area (Å²) in [6.07, 6.45) is 0. The van der Waals surface area contributed by atoms with Gasteiger partial charge >= 0.3 is 0 Å². The topological polar surface area (TPSA) is 11.4 Å². The minimum absolute atomic E-state index is 0.557. The normalized spacial score (nSPS) is 14.3. The van der Waals surface area contributed by atoms with E-state index < -0.39 is 5.41 Å². The molecule has 0 radical (unpaired) electrons. The molecule has 11 aromatic rings. The molecule has 2 aliphatic carbocycles. The van der Waals surface area contributed by atoms with Crippen molar-refractivity contribution in [2.75, 3.05) is 9.80 Å². The molecule has 1 heterocycles. The number of hydrogen-bond acceptors (Lipinski definition) is 2. The zero-order valence-corrected chi connectivity index (χ0v) is 35.0. The number of anilines is 6. The van der Waals surface area contributed by atoms with Gasteiger partial charge in [0.2, 0.25) is 0 Å². The van der Waals surface area contributed by atoms with Gasteiger partial charge in [-0.25, -0.2) is 0 Å². The zero-order valence-electron chi connectivity index (χ0n) is 35.0. The third-order valence-electron chi connectivity index (χ3n) is 13.5. The van der Waals surface area contributed by atoms with E-state index in [0.717, 1.165) is 39.8 Å². The number of nitrogens with zero attached hydrogens (tertiary/aromatic N) is 3. The average Bonchev–Trinajstić information content (AvgIpc) is 3.97. The van der Waals surface area contributed by atoms with Crippen molar-refractivity contribution in [1.29, 1.82) is 0 Å². The third kappa shape index (κ3) is 5.28. The van der Waals surface area contributed by atoms with Gasteiger partial charge in [-0.15, -0.1) is 0 Å². The molecule has 10 aromatic carbocycles. The van der Waals surface area contributed by atoms with Crippen molar-refractivity contribution in [2.24, 2.45) is 0 Å². The molecule has 1 atom stereocenters. The summed E-state index contributed by atoms with van der Waals surface area (Å²) in [7, 11) is 0. The molecule has 1 aromatic heterocycles. The predicted octanol–water partition coefficient (Wildman–Crippen LogP) is 16.1. The first kappa shape index (κ1) is 36.3. The van der Waals surface area contributed by atoms with E-state index in [2.05, 4.69) is 263 Å². The lowest BCUT2D eigenvalue weighted by atomic mass is 9.70. The van der Waals surface area contributed by atoms with Gasteiger partial charge in [0.15, 0.2) is 0 Å². The van der Waals surface area contributed by atoms with Gasteiger partial charge in [-0.2, -0.15) is 0 Å². The maximum Gasteiger partial charge on any atom is 0.0727 e. The minimum atomic E-state index is -0.557. The second-order valence-corrected chi connectivity index (χ2v) is 16.9. The van der Waals surface area contributed by atoms with Gasteiger partial charge in [-0.1, -0.05) is 152 Å². The van der Waals surface area contributed by atoms with Crippen LogP contribution in [0.25, 0.3) is 49.7 Å². The molecule has 0 saturated heterocycles. The standard InChI is InChI=1S/C61H41N3/c1-5-19-42(20-6-1)62(43-21-7-2-8-22-43)47-33-36-51-49-27-13-16-30-55(49)61(57(51)40-47)56-31-17-14-28-50(56)52-37-34-48(41-58(52)61)63(44-23-9-3-10-24-44)46-35-38-60-54(39-46)53-29-15-18-32-59(53)64(60)45-25-11-4-12-26-45/h1-41H. The fourth-order valence-electron chi connectivity index (χ4n) is 11.0. The SMILES string of the molecule is c1ccc(N(c2ccccc2)c2ccc3c(c2)C2(c4ccccc4-3)c3ccccc3-c3ccc(N(c4ccccc4)c4ccc5c(c4)c4ccccc4n5-c4ccccc4)cc32)cc1. The van der Waals surface area contributed by atoms with E-state index in [1.165, 1.54) is 66.3 Å². The molecule has 2 aliphatic rings. The van der Waals surface area contributed by atoms with Crippen LogP contribution in [-0.4, -0.2) is 4.57 Å². The molecule has 0 fully saturated rings. The Kier molecular flexibility index (Phi) is 8.13. The van der Waals surface area contributed by atoms with Gasteiger partial charge in [0.25, 0.3) is 0 Å². The third-order valence-corrected chi connectivity index (χ3v) is 13.5. The lowest BCUT2D eigenvalue weighted by molar-refractivity contribution is 0.793. The van der Waals surface area contributed by atoms with Crippen LogP contribution in [0.1, 0.15) is 22.3 Å². The van der Waals surface area contributed by atoms with E-state index in [9.17, 15) is 0 Å². The van der Waals surface area contributed by atoms with Crippen LogP contribution < -0.4 is 9.80 Å². The second-order valence-electron chi connectivity index (χ2n) is 16.9. The molecular weight excluding hydrogens is 775 g/mol. The smallest absolute Gasteiger partial charge is 0.0727 e. The number of rotatable bonds is 7. The van der Waals surface area contributed by atoms with Gasteiger partial charge in [0.1, 0.15) is 0 Å². The maximum absolute atomic E-state index is 2.49. The summed E-state index contributed by atoms with van der Waals surface area (Å²) in [5.74, 6) is 0. The predicted molar refractivity (Wildman–Crippen MR) is 266 cm³/mol. The summed E-state index contributed by atoms with van der Waals surface area (Å²) in [6.45, 7) is 0. The van der Waals surface area contributed by atoms with E-state index in [-0.39, 0.29) is 0 Å². The molecule has 0 saturated carbocycles. The Morgan fingerprint density at radius 3 is 1.20 bits per heavy atom. The maximum atomic E-state index is 2.49. The fraction of sp³-hybridized carbons (Fsp3) is 0.0164. The molecule has 1 unspecified atom stereocenters. The minimum Gasteiger partial charge on any atom is -0.310 e. The summed E-state index contributed by atoms with van der Waals surface area (Å²) >= 11 is 0. The molecule has 1 spiro atoms. The van der Waals surface area contributed by atoms with Crippen molar-refractivity contribution in [3.63, 3.8) is 0 Å². The molecule has 0 amide bonds. The highest BCUT2D eigenvalue weighted by atomic mass is 15.1. The first-order valence-corrected chi connectivity index (χ1v) is 22.1. The highest BCUT2D eigenvalue weighted by molar-refractivity contribution is 6.11. The summed E-state index contributed by atoms with van der Waals surface area (Å²) in [5, 5.41) is 2.45. The Morgan fingerprint density at radius 2 is 0.656 bits per heavy atom. The molecule has 0 N–H and O–H groups in total. The lowest BCUT2D eigenvalue weighted by Gasteiger charge is -2.33. The van der Waals surface area contributed by atoms with Crippen molar-refractivity contribution in [1.82, 2.24) is 4.57 Å². The average molecular weight is 816 g/mol. The van der Waals surface area contributed by atoms with E-state index in [0.29, 0.717) is 0 Å². The van der Waals surface area contributed by atoms with Crippen molar-refractivity contribution in [3.8, 4) is 27.9 Å². The monoisotopic (exact) mass is 815 g/mol. The Bertz CT molecular complexity index is 3510. The van der Waals surface area contributed by atoms with Crippen LogP contribution in [-0.2, 0) is 5.41 Å². The Morgan fingerprint density at radius 1 is 0.266 bits per heavy atom. The van der Waals surface area contributed by atoms with Crippen LogP contribution >= 0.6 is 0 Å². The highest BCUT2D eigenvalue weighted by Gasteiger charge is 2.52. The summed E-state index contributed by atoms with van der Waals surface area (Å²) in [5.41, 5.74) is 20.0. The molecule has 13 rings (SSSR count). The van der Waals surface area contributed by atoms with E-state index in [1.807, 2.05) is 0 Å². The number of benzene rings is 10. The first-order chi connectivity index (χ1) is 31.8. The van der Waals surface area contributed by atoms with Crippen molar-refractivity contribution >= 4 is 55.9 Å². The summed E-state index contributed by atoms with van der Waals surface area (Å²) < 4.78 is 2.39. The number of hydrogen-bond donors (Lipinski definition) is 0. The van der Waals surface area contributed by atoms with Gasteiger partial charge in [-0.3, -0.25) is 0 Å². The molecule has 0 aliphatic heterocycles. The fourth-order valence-corrected chi connectivity index (χ4v) is 11.0. The van der Waals surface area contributed by atoms with Crippen molar-refractivity contribution < 1.29 is 0 Å². The number of aromatic nitrogens is 1. The van der Waals surface area contributed by atoms with Crippen LogP contribution in [0, 0.1) is 0 Å². The molecule has 64 heavy (non-hydrogen) atoms. The van der Waals surface area contributed by atoms with Crippen molar-refractivity contribution in [2.45, 2.75) is 5.41 Å². The first-order valence-electron chi connectivity index (χ1n) is 22.1. The van der Waals surface area contributed by atoms with Gasteiger partial charge < -0.3 is 14.4 Å². The Balaban J connectivity index is 1.05. The largest absolute Gasteiger partial charge is 0.310 e. The van der Waals surface area contributed by atoms with E-state index in [1.54, 1.807) is 0 Å². The highest BCUT2D eigenvalue weighted by Crippen LogP contribution is 2.64. The second kappa shape index (κ2) is 14.3. The quantitative estimate of drug-likeness (QED) is 0.159. The van der Waals surface area contributed by atoms with Crippen LogP contribution in [0.5, 0.6) is 0 Å². The van der Waals surface area contributed by atoms with Crippen LogP contribution in [0.4, 0.5) is 34.1 Å². The molecule has 3 nitrogen and oxygen atoms in total. The molecular formula is C61H41N3. The van der Waals surface area contributed by atoms with Crippen molar-refractivity contribution in [3.05, 3.63) is 271 Å². The summed E-state index contributed by atoms with van der Waals surface area (Å²) in [4.78, 5) is 4.83. The van der Waals surface area contributed by atoms with Gasteiger partial charge in [-0.05, 0) is 142 Å². The van der Waals surface area contributed by atoms with Gasteiger partial charge in [0, 0.05) is 50.6 Å². The lowest BCUT2D eigenvalue weighted by Crippen LogP contribution is -2.26. The van der Waals surface area contributed by atoms with E-state index >= 15 is 0 Å². The van der Waals surface area contributed by atoms with Crippen LogP contribution in [0.2, 0.25) is 0 Å². The zero-order chi connectivity index (χ0) is 42.2. The molecule has 0 bridgehead atoms. The number of fused-ring (bicyclic) bond motifs is 13. The van der Waals surface area contributed by atoms with Crippen LogP contribution in [0.3, 0.4) is 0 Å². The van der Waals surface area contributed by atoms with Crippen LogP contribution in [0.15, 0.2) is 249 Å². The Hall–Kier alpha value is -8.40. The molecule has 300 valence electrons. The molecule has 3 heteroatoms. The summed E-state index contributed by atoms with van der Waals surface area (Å²) in [6, 6.07) is 91.3. The van der Waals surface area contributed by atoms with Gasteiger partial charge in [0.05, 0.1) is 16.4 Å².